The summed E-state index contributed by atoms with van der Waals surface area (Å²) in [5.41, 5.74) is 2.94. The van der Waals surface area contributed by atoms with Crippen molar-refractivity contribution in [3.8, 4) is 11.5 Å². The summed E-state index contributed by atoms with van der Waals surface area (Å²) < 4.78 is 5.39. The standard InChI is InChI=1S/C26H30N4O3/c1-4-21(20-11-6-5-7-12-20)26(32)30-15-14-29(17-19(30)3)24(31)16-23-27-25(33-28-23)22-13-9-8-10-18(22)2/h5-13,19,21H,4,14-17H2,1-3H3. The van der Waals surface area contributed by atoms with Crippen molar-refractivity contribution in [3.05, 3.63) is 71.5 Å². The van der Waals surface area contributed by atoms with Crippen molar-refractivity contribution in [2.24, 2.45) is 0 Å². The Morgan fingerprint density at radius 2 is 1.82 bits per heavy atom. The first-order valence-electron chi connectivity index (χ1n) is 11.5. The van der Waals surface area contributed by atoms with Crippen LogP contribution in [-0.4, -0.2) is 57.4 Å². The van der Waals surface area contributed by atoms with Crippen molar-refractivity contribution in [2.75, 3.05) is 19.6 Å². The molecule has 2 aromatic carbocycles. The molecule has 0 saturated carbocycles. The number of aryl methyl sites for hydroxylation is 1. The number of piperazine rings is 1. The van der Waals surface area contributed by atoms with Gasteiger partial charge in [-0.3, -0.25) is 9.59 Å². The summed E-state index contributed by atoms with van der Waals surface area (Å²) in [5, 5.41) is 4.00. The van der Waals surface area contributed by atoms with E-state index in [2.05, 4.69) is 10.1 Å². The highest BCUT2D eigenvalue weighted by Gasteiger charge is 2.33. The topological polar surface area (TPSA) is 79.5 Å². The Balaban J connectivity index is 1.37. The molecule has 0 radical (unpaired) electrons. The molecule has 33 heavy (non-hydrogen) atoms. The van der Waals surface area contributed by atoms with Crippen molar-refractivity contribution >= 4 is 11.8 Å². The Morgan fingerprint density at radius 3 is 2.52 bits per heavy atom. The monoisotopic (exact) mass is 446 g/mol. The first-order valence-corrected chi connectivity index (χ1v) is 11.5. The number of carbonyl (C=O) groups excluding carboxylic acids is 2. The molecule has 1 saturated heterocycles. The SMILES string of the molecule is CCC(C(=O)N1CCN(C(=O)Cc2noc(-c3ccccc3C)n2)CC1C)c1ccccc1. The van der Waals surface area contributed by atoms with E-state index < -0.39 is 0 Å². The molecule has 0 bridgehead atoms. The van der Waals surface area contributed by atoms with Crippen LogP contribution in [0, 0.1) is 6.92 Å². The molecule has 3 aromatic rings. The fourth-order valence-electron chi connectivity index (χ4n) is 4.45. The van der Waals surface area contributed by atoms with Crippen LogP contribution in [0.4, 0.5) is 0 Å². The van der Waals surface area contributed by atoms with Crippen LogP contribution in [0.3, 0.4) is 0 Å². The molecule has 4 rings (SSSR count). The largest absolute Gasteiger partial charge is 0.338 e. The van der Waals surface area contributed by atoms with Gasteiger partial charge < -0.3 is 14.3 Å². The molecule has 1 fully saturated rings. The van der Waals surface area contributed by atoms with Crippen molar-refractivity contribution in [2.45, 2.75) is 45.6 Å². The lowest BCUT2D eigenvalue weighted by atomic mass is 9.94. The Hall–Kier alpha value is -3.48. The Bertz CT molecular complexity index is 1110. The third kappa shape index (κ3) is 4.97. The summed E-state index contributed by atoms with van der Waals surface area (Å²) in [6.45, 7) is 7.54. The second-order valence-electron chi connectivity index (χ2n) is 8.60. The maximum absolute atomic E-state index is 13.3. The molecule has 1 aromatic heterocycles. The number of amides is 2. The van der Waals surface area contributed by atoms with E-state index in [-0.39, 0.29) is 30.2 Å². The maximum Gasteiger partial charge on any atom is 0.258 e. The van der Waals surface area contributed by atoms with E-state index >= 15 is 0 Å². The number of carbonyl (C=O) groups is 2. The molecule has 0 N–H and O–H groups in total. The summed E-state index contributed by atoms with van der Waals surface area (Å²) in [4.78, 5) is 34.3. The second-order valence-corrected chi connectivity index (χ2v) is 8.60. The molecular weight excluding hydrogens is 416 g/mol. The number of benzene rings is 2. The van der Waals surface area contributed by atoms with E-state index in [4.69, 9.17) is 4.52 Å². The molecule has 7 nitrogen and oxygen atoms in total. The van der Waals surface area contributed by atoms with Gasteiger partial charge >= 0.3 is 0 Å². The van der Waals surface area contributed by atoms with Gasteiger partial charge in [-0.1, -0.05) is 60.6 Å². The predicted octanol–water partition coefficient (Wildman–Crippen LogP) is 3.84. The lowest BCUT2D eigenvalue weighted by Gasteiger charge is -2.41. The van der Waals surface area contributed by atoms with Crippen molar-refractivity contribution in [3.63, 3.8) is 0 Å². The Labute approximate surface area is 194 Å². The average molecular weight is 447 g/mol. The molecule has 2 atom stereocenters. The number of aromatic nitrogens is 2. The van der Waals surface area contributed by atoms with E-state index in [1.54, 1.807) is 4.90 Å². The summed E-state index contributed by atoms with van der Waals surface area (Å²) in [6.07, 6.45) is 0.827. The summed E-state index contributed by atoms with van der Waals surface area (Å²) in [5.74, 6) is 0.714. The van der Waals surface area contributed by atoms with Crippen molar-refractivity contribution < 1.29 is 14.1 Å². The maximum atomic E-state index is 13.3. The van der Waals surface area contributed by atoms with Gasteiger partial charge in [0.1, 0.15) is 0 Å². The molecule has 0 spiro atoms. The highest BCUT2D eigenvalue weighted by atomic mass is 16.5. The fraction of sp³-hybridized carbons (Fsp3) is 0.385. The van der Waals surface area contributed by atoms with Crippen LogP contribution in [-0.2, 0) is 16.0 Å². The van der Waals surface area contributed by atoms with Gasteiger partial charge in [0.15, 0.2) is 5.82 Å². The molecule has 172 valence electrons. The van der Waals surface area contributed by atoms with Crippen LogP contribution in [0.5, 0.6) is 0 Å². The summed E-state index contributed by atoms with van der Waals surface area (Å²) >= 11 is 0. The highest BCUT2D eigenvalue weighted by molar-refractivity contribution is 5.84. The number of hydrogen-bond donors (Lipinski definition) is 0. The van der Waals surface area contributed by atoms with E-state index in [1.165, 1.54) is 0 Å². The second kappa shape index (κ2) is 9.98. The van der Waals surface area contributed by atoms with Gasteiger partial charge in [0.05, 0.1) is 12.3 Å². The van der Waals surface area contributed by atoms with Gasteiger partial charge in [-0.25, -0.2) is 0 Å². The third-order valence-electron chi connectivity index (χ3n) is 6.32. The summed E-state index contributed by atoms with van der Waals surface area (Å²) in [7, 11) is 0. The molecule has 2 heterocycles. The normalized spacial score (nSPS) is 17.1. The summed E-state index contributed by atoms with van der Waals surface area (Å²) in [6, 6.07) is 17.6. The van der Waals surface area contributed by atoms with Crippen LogP contribution >= 0.6 is 0 Å². The van der Waals surface area contributed by atoms with Gasteiger partial charge in [0.2, 0.25) is 11.8 Å². The predicted molar refractivity (Wildman–Crippen MR) is 125 cm³/mol. The third-order valence-corrected chi connectivity index (χ3v) is 6.32. The molecule has 1 aliphatic rings. The van der Waals surface area contributed by atoms with E-state index in [9.17, 15) is 9.59 Å². The molecule has 7 heteroatoms. The zero-order valence-electron chi connectivity index (χ0n) is 19.4. The zero-order chi connectivity index (χ0) is 23.4. The minimum absolute atomic E-state index is 0.0545. The Kier molecular flexibility index (Phi) is 6.87. The average Bonchev–Trinajstić information content (AvgIpc) is 3.28. The van der Waals surface area contributed by atoms with Gasteiger partial charge in [-0.15, -0.1) is 0 Å². The van der Waals surface area contributed by atoms with Gasteiger partial charge in [0, 0.05) is 31.2 Å². The van der Waals surface area contributed by atoms with Crippen LogP contribution in [0.2, 0.25) is 0 Å². The number of hydrogen-bond acceptors (Lipinski definition) is 5. The van der Waals surface area contributed by atoms with Crippen LogP contribution in [0.25, 0.3) is 11.5 Å². The molecule has 1 aliphatic heterocycles. The molecule has 0 aliphatic carbocycles. The van der Waals surface area contributed by atoms with Crippen LogP contribution in [0.15, 0.2) is 59.1 Å². The molecular formula is C26H30N4O3. The minimum atomic E-state index is -0.157. The molecule has 2 unspecified atom stereocenters. The highest BCUT2D eigenvalue weighted by Crippen LogP contribution is 2.25. The minimum Gasteiger partial charge on any atom is -0.338 e. The first-order chi connectivity index (χ1) is 16.0. The van der Waals surface area contributed by atoms with Crippen LogP contribution < -0.4 is 0 Å². The molecule has 2 amide bonds. The van der Waals surface area contributed by atoms with Crippen LogP contribution in [0.1, 0.15) is 43.1 Å². The van der Waals surface area contributed by atoms with Gasteiger partial charge in [-0.2, -0.15) is 4.98 Å². The smallest absolute Gasteiger partial charge is 0.258 e. The zero-order valence-corrected chi connectivity index (χ0v) is 19.4. The van der Waals surface area contributed by atoms with E-state index in [1.807, 2.05) is 80.3 Å². The number of rotatable bonds is 6. The van der Waals surface area contributed by atoms with Gasteiger partial charge in [0.25, 0.3) is 5.89 Å². The quantitative estimate of drug-likeness (QED) is 0.575. The first kappa shape index (κ1) is 22.7. The van der Waals surface area contributed by atoms with Crippen molar-refractivity contribution in [1.29, 1.82) is 0 Å². The fourth-order valence-corrected chi connectivity index (χ4v) is 4.45. The van der Waals surface area contributed by atoms with E-state index in [0.29, 0.717) is 31.3 Å². The lowest BCUT2D eigenvalue weighted by molar-refractivity contribution is -0.143. The Morgan fingerprint density at radius 1 is 1.09 bits per heavy atom. The van der Waals surface area contributed by atoms with Gasteiger partial charge in [-0.05, 0) is 37.5 Å². The van der Waals surface area contributed by atoms with E-state index in [0.717, 1.165) is 23.1 Å². The lowest BCUT2D eigenvalue weighted by Crippen LogP contribution is -2.56. The number of nitrogens with zero attached hydrogens (tertiary/aromatic N) is 4. The van der Waals surface area contributed by atoms with Crippen molar-refractivity contribution in [1.82, 2.24) is 19.9 Å².